The summed E-state index contributed by atoms with van der Waals surface area (Å²) in [4.78, 5) is 44.2. The molecule has 0 bridgehead atoms. The number of nitrogens with zero attached hydrogens (tertiary/aromatic N) is 4. The van der Waals surface area contributed by atoms with Crippen LogP contribution in [-0.4, -0.2) is 75.3 Å². The molecule has 2 aliphatic carbocycles. The van der Waals surface area contributed by atoms with E-state index in [1.165, 1.54) is 49.6 Å². The summed E-state index contributed by atoms with van der Waals surface area (Å²) in [6, 6.07) is 22.0. The Morgan fingerprint density at radius 1 is 0.939 bits per heavy atom. The molecule has 4 aromatic rings. The summed E-state index contributed by atoms with van der Waals surface area (Å²) in [5, 5.41) is 47.5. The van der Waals surface area contributed by atoms with Crippen LogP contribution in [0, 0.1) is 43.8 Å². The van der Waals surface area contributed by atoms with Crippen LogP contribution in [-0.2, 0) is 20.9 Å². The Morgan fingerprint density at radius 3 is 2.33 bits per heavy atom. The van der Waals surface area contributed by atoms with E-state index in [1.807, 2.05) is 6.07 Å². The number of unbranched alkanes of at least 4 members (excludes halogenated alkanes) is 2. The van der Waals surface area contributed by atoms with Gasteiger partial charge < -0.3 is 34.2 Å². The highest BCUT2D eigenvalue weighted by Gasteiger charge is 2.65. The molecule has 0 radical (unpaired) electrons. The number of fused-ring (bicyclic) bond motifs is 2. The zero-order valence-corrected chi connectivity index (χ0v) is 36.6. The summed E-state index contributed by atoms with van der Waals surface area (Å²) in [6.07, 6.45) is 10.8. The van der Waals surface area contributed by atoms with Crippen LogP contribution < -0.4 is 9.47 Å². The summed E-state index contributed by atoms with van der Waals surface area (Å²) in [5.74, 6) is -2.59. The van der Waals surface area contributed by atoms with Gasteiger partial charge >= 0.3 is 0 Å². The molecule has 4 aromatic carbocycles. The Morgan fingerprint density at radius 2 is 1.65 bits per heavy atom. The molecule has 1 heterocycles. The summed E-state index contributed by atoms with van der Waals surface area (Å²) in [7, 11) is 1.45. The van der Waals surface area contributed by atoms with E-state index in [-0.39, 0.29) is 61.7 Å². The van der Waals surface area contributed by atoms with Crippen LogP contribution in [0.25, 0.3) is 6.08 Å². The summed E-state index contributed by atoms with van der Waals surface area (Å²) in [6.45, 7) is 4.02. The fraction of sp³-hybridized carbons (Fsp3) is 0.360. The SMILES string of the molecule is C=CCO[C@@]12Oc3ccc(Oc4cccc([N+](=O)[O-])c4)cc3[C@H]3[C@H](CCCCO)[C@@H](CCCCO)C=C(C(=NOC)C[C@@H]1N(Cc1ccc(F)cc1)C(=O)C=Cc1ccc([N+](=O)[O-])cc1)[C@H]32. The van der Waals surface area contributed by atoms with Gasteiger partial charge in [-0.05, 0) is 109 Å². The largest absolute Gasteiger partial charge is 0.459 e. The lowest BCUT2D eigenvalue weighted by Gasteiger charge is -2.60. The van der Waals surface area contributed by atoms with Crippen molar-refractivity contribution >= 4 is 29.1 Å². The number of aliphatic hydroxyl groups excluding tert-OH is 2. The lowest BCUT2D eigenvalue weighted by atomic mass is 9.55. The van der Waals surface area contributed by atoms with Gasteiger partial charge in [-0.2, -0.15) is 0 Å². The van der Waals surface area contributed by atoms with Crippen LogP contribution in [0.4, 0.5) is 15.8 Å². The molecule has 6 atom stereocenters. The van der Waals surface area contributed by atoms with E-state index in [0.29, 0.717) is 54.0 Å². The van der Waals surface area contributed by atoms with E-state index in [1.54, 1.807) is 65.6 Å². The summed E-state index contributed by atoms with van der Waals surface area (Å²) >= 11 is 0. The molecule has 1 amide bonds. The number of carbonyl (C=O) groups excluding carboxylic acids is 1. The van der Waals surface area contributed by atoms with Gasteiger partial charge in [-0.15, -0.1) is 6.58 Å². The van der Waals surface area contributed by atoms with Crippen LogP contribution in [0.2, 0.25) is 0 Å². The lowest BCUT2D eigenvalue weighted by molar-refractivity contribution is -0.385. The first-order chi connectivity index (χ1) is 32.0. The molecular formula is C50H53FN4O11. The minimum atomic E-state index is -1.62. The van der Waals surface area contributed by atoms with E-state index in [0.717, 1.165) is 24.0 Å². The smallest absolute Gasteiger partial charge is 0.273 e. The van der Waals surface area contributed by atoms with E-state index in [2.05, 4.69) is 17.8 Å². The fourth-order valence-electron chi connectivity index (χ4n) is 9.72. The van der Waals surface area contributed by atoms with Crippen LogP contribution in [0.5, 0.6) is 17.2 Å². The number of rotatable bonds is 21. The lowest BCUT2D eigenvalue weighted by Crippen LogP contribution is -2.70. The molecule has 0 aromatic heterocycles. The number of hydrogen-bond acceptors (Lipinski definition) is 12. The van der Waals surface area contributed by atoms with Gasteiger partial charge in [0.05, 0.1) is 34.1 Å². The van der Waals surface area contributed by atoms with Crippen molar-refractivity contribution in [1.82, 2.24) is 4.90 Å². The molecule has 16 heteroatoms. The second-order valence-electron chi connectivity index (χ2n) is 16.6. The first kappa shape index (κ1) is 47.2. The zero-order valence-electron chi connectivity index (χ0n) is 36.6. The Bertz CT molecular complexity index is 2480. The summed E-state index contributed by atoms with van der Waals surface area (Å²) in [5.41, 5.74) is 3.07. The Hall–Kier alpha value is -6.75. The first-order valence-corrected chi connectivity index (χ1v) is 22.0. The molecule has 7 rings (SSSR count). The van der Waals surface area contributed by atoms with Gasteiger partial charge in [0.15, 0.2) is 0 Å². The van der Waals surface area contributed by atoms with Gasteiger partial charge in [-0.25, -0.2) is 4.39 Å². The molecular weight excluding hydrogens is 852 g/mol. The van der Waals surface area contributed by atoms with Crippen LogP contribution in [0.3, 0.4) is 0 Å². The quantitative estimate of drug-likeness (QED) is 0.0266. The number of hydrogen-bond donors (Lipinski definition) is 2. The number of halogens is 1. The van der Waals surface area contributed by atoms with E-state index in [4.69, 9.17) is 19.0 Å². The highest BCUT2D eigenvalue weighted by Crippen LogP contribution is 2.62. The molecule has 1 fully saturated rings. The third-order valence-corrected chi connectivity index (χ3v) is 12.6. The maximum atomic E-state index is 15.0. The molecule has 2 N–H and O–H groups in total. The first-order valence-electron chi connectivity index (χ1n) is 22.0. The number of nitro benzene ring substituents is 2. The van der Waals surface area contributed by atoms with Crippen molar-refractivity contribution in [2.24, 2.45) is 22.9 Å². The third-order valence-electron chi connectivity index (χ3n) is 12.6. The average molecular weight is 905 g/mol. The molecule has 0 saturated heterocycles. The standard InChI is InChI=1S/C50H53FN4O11/c1-3-27-64-50-46(53(32-34-13-18-36(51)19-14-34)47(58)24-17-33-15-20-37(21-16-33)54(59)60)31-44(52-63-2)42-28-35(9-4-6-25-56)41(12-5-7-26-57)48(49(42)50)43-30-40(22-23-45(43)66-50)65-39-11-8-10-38(29-39)55(61)62/h3,8,10-11,13-24,28-30,35,41,46,48-49,56-57H,1,4-7,9,12,25-27,31-32H2,2H3/t35-,41+,46-,48+,49+,50+/m0/s1. The zero-order chi connectivity index (χ0) is 46.8. The topological polar surface area (TPSA) is 196 Å². The predicted molar refractivity (Wildman–Crippen MR) is 244 cm³/mol. The number of ether oxygens (including phenoxy) is 3. The van der Waals surface area contributed by atoms with Crippen molar-refractivity contribution in [3.8, 4) is 17.2 Å². The maximum absolute atomic E-state index is 15.0. The Balaban J connectivity index is 1.43. The van der Waals surface area contributed by atoms with Gasteiger partial charge in [-0.1, -0.05) is 48.3 Å². The van der Waals surface area contributed by atoms with Crippen molar-refractivity contribution in [3.63, 3.8) is 0 Å². The number of aliphatic hydroxyl groups is 2. The fourth-order valence-corrected chi connectivity index (χ4v) is 9.72. The van der Waals surface area contributed by atoms with Gasteiger partial charge in [0.25, 0.3) is 11.4 Å². The summed E-state index contributed by atoms with van der Waals surface area (Å²) < 4.78 is 35.0. The van der Waals surface area contributed by atoms with E-state index >= 15 is 0 Å². The van der Waals surface area contributed by atoms with Crippen LogP contribution in [0.15, 0.2) is 127 Å². The van der Waals surface area contributed by atoms with E-state index < -0.39 is 45.2 Å². The molecule has 3 aliphatic rings. The van der Waals surface area contributed by atoms with Crippen molar-refractivity contribution in [2.45, 2.75) is 69.2 Å². The van der Waals surface area contributed by atoms with Crippen LogP contribution in [0.1, 0.15) is 67.6 Å². The molecule has 66 heavy (non-hydrogen) atoms. The molecule has 15 nitrogen and oxygen atoms in total. The van der Waals surface area contributed by atoms with Gasteiger partial charge in [0.2, 0.25) is 11.7 Å². The molecule has 0 spiro atoms. The van der Waals surface area contributed by atoms with Crippen molar-refractivity contribution in [3.05, 3.63) is 164 Å². The normalized spacial score (nSPS) is 22.4. The average Bonchev–Trinajstić information content (AvgIpc) is 3.31. The predicted octanol–water partition coefficient (Wildman–Crippen LogP) is 9.44. The number of amides is 1. The monoisotopic (exact) mass is 904 g/mol. The number of carbonyl (C=O) groups is 1. The van der Waals surface area contributed by atoms with Gasteiger partial charge in [0, 0.05) is 61.9 Å². The second-order valence-corrected chi connectivity index (χ2v) is 16.6. The minimum absolute atomic E-state index is 0.00489. The van der Waals surface area contributed by atoms with Crippen molar-refractivity contribution in [2.75, 3.05) is 26.9 Å². The second kappa shape index (κ2) is 21.5. The molecule has 1 aliphatic heterocycles. The Kier molecular flexibility index (Phi) is 15.4. The number of benzene rings is 4. The van der Waals surface area contributed by atoms with Gasteiger partial charge in [0.1, 0.15) is 36.2 Å². The molecule has 0 unspecified atom stereocenters. The third kappa shape index (κ3) is 10.4. The highest BCUT2D eigenvalue weighted by atomic mass is 19.1. The van der Waals surface area contributed by atoms with Gasteiger partial charge in [-0.3, -0.25) is 25.0 Å². The van der Waals surface area contributed by atoms with E-state index in [9.17, 15) is 39.6 Å². The van der Waals surface area contributed by atoms with Crippen LogP contribution >= 0.6 is 0 Å². The molecule has 346 valence electrons. The number of oxime groups is 1. The van der Waals surface area contributed by atoms with Crippen molar-refractivity contribution in [1.29, 1.82) is 0 Å². The molecule has 1 saturated carbocycles. The number of allylic oxidation sites excluding steroid dienone is 1. The number of nitro groups is 2. The number of non-ortho nitro benzene ring substituents is 2. The highest BCUT2D eigenvalue weighted by molar-refractivity contribution is 6.03. The Labute approximate surface area is 381 Å². The van der Waals surface area contributed by atoms with Crippen molar-refractivity contribution < 1.29 is 48.3 Å². The minimum Gasteiger partial charge on any atom is -0.459 e. The maximum Gasteiger partial charge on any atom is 0.273 e.